The smallest absolute Gasteiger partial charge is 0.410 e. The molecule has 2 atom stereocenters. The fraction of sp³-hybridized carbons (Fsp3) is 0.394. The average molecular weight is 680 g/mol. The normalized spacial score (nSPS) is 18.9. The molecular formula is C33H36Cl2N8O4. The Hall–Kier alpha value is -4.42. The zero-order chi connectivity index (χ0) is 33.3. The first-order chi connectivity index (χ1) is 22.5. The van der Waals surface area contributed by atoms with Crippen molar-refractivity contribution in [3.63, 3.8) is 0 Å². The van der Waals surface area contributed by atoms with Crippen LogP contribution in [0.25, 0.3) is 16.9 Å². The van der Waals surface area contributed by atoms with Crippen LogP contribution in [0.15, 0.2) is 65.8 Å². The number of nitrogens with one attached hydrogen (secondary N) is 1. The van der Waals surface area contributed by atoms with Crippen LogP contribution in [0.3, 0.4) is 0 Å². The van der Waals surface area contributed by atoms with Crippen molar-refractivity contribution < 1.29 is 14.3 Å². The fourth-order valence-electron chi connectivity index (χ4n) is 6.04. The molecule has 1 unspecified atom stereocenters. The maximum Gasteiger partial charge on any atom is 0.410 e. The molecule has 0 saturated carbocycles. The molecule has 0 spiro atoms. The van der Waals surface area contributed by atoms with Gasteiger partial charge in [0.2, 0.25) is 5.91 Å². The lowest BCUT2D eigenvalue weighted by molar-refractivity contribution is -0.123. The molecule has 2 aliphatic heterocycles. The number of halogens is 2. The summed E-state index contributed by atoms with van der Waals surface area (Å²) in [6.45, 7) is 7.00. The van der Waals surface area contributed by atoms with Crippen molar-refractivity contribution in [2.45, 2.75) is 57.7 Å². The third-order valence-electron chi connectivity index (χ3n) is 8.24. The summed E-state index contributed by atoms with van der Waals surface area (Å²) in [5.41, 5.74) is 2.57. The van der Waals surface area contributed by atoms with Crippen LogP contribution in [0.4, 0.5) is 10.5 Å². The molecule has 246 valence electrons. The SMILES string of the molecule is CC(C)(C)OC(=O)N1CCN2c3cccc(c3)C(n3cnc(-c4cc(Cl)ccc4-n4cc(Cl)nn4)cc3=O)CCCCNC(=O)[C@H]2C1. The van der Waals surface area contributed by atoms with Gasteiger partial charge in [0.25, 0.3) is 5.56 Å². The predicted molar refractivity (Wildman–Crippen MR) is 179 cm³/mol. The number of benzene rings is 2. The number of hydrogen-bond donors (Lipinski definition) is 1. The van der Waals surface area contributed by atoms with E-state index in [1.165, 1.54) is 10.7 Å². The predicted octanol–water partition coefficient (Wildman–Crippen LogP) is 5.11. The zero-order valence-corrected chi connectivity index (χ0v) is 27.9. The fourth-order valence-corrected chi connectivity index (χ4v) is 6.34. The van der Waals surface area contributed by atoms with Crippen LogP contribution in [0.2, 0.25) is 10.2 Å². The molecule has 14 heteroatoms. The van der Waals surface area contributed by atoms with Gasteiger partial charge in [-0.1, -0.05) is 40.5 Å². The van der Waals surface area contributed by atoms with Gasteiger partial charge in [-0.05, 0) is 75.9 Å². The molecule has 1 saturated heterocycles. The summed E-state index contributed by atoms with van der Waals surface area (Å²) in [4.78, 5) is 48.5. The number of amides is 2. The van der Waals surface area contributed by atoms with Gasteiger partial charge in [0.1, 0.15) is 11.6 Å². The Morgan fingerprint density at radius 2 is 1.85 bits per heavy atom. The Bertz CT molecular complexity index is 1850. The van der Waals surface area contributed by atoms with Gasteiger partial charge < -0.3 is 19.9 Å². The Balaban J connectivity index is 1.33. The maximum atomic E-state index is 13.8. The maximum absolute atomic E-state index is 13.8. The van der Waals surface area contributed by atoms with Crippen LogP contribution in [0.5, 0.6) is 0 Å². The summed E-state index contributed by atoms with van der Waals surface area (Å²) in [5.74, 6) is -0.134. The number of anilines is 1. The zero-order valence-electron chi connectivity index (χ0n) is 26.4. The van der Waals surface area contributed by atoms with E-state index in [1.54, 1.807) is 40.2 Å². The standard InChI is InChI=1S/C33H36Cl2N8O4/c1-33(2,3)47-32(46)40-13-14-41-23-8-6-7-21(15-23)26(9-4-5-12-36-31(45)28(41)18-40)42-20-37-25(17-30(42)44)24-16-22(34)10-11-27(24)43-19-29(35)38-39-43/h6-8,10-11,15-17,19-20,26,28H,4-5,9,12-14,18H2,1-3H3,(H,36,45)/t26?,28-/m1/s1. The van der Waals surface area contributed by atoms with Crippen LogP contribution in [-0.4, -0.2) is 79.3 Å². The molecule has 47 heavy (non-hydrogen) atoms. The number of rotatable bonds is 3. The van der Waals surface area contributed by atoms with E-state index in [4.69, 9.17) is 32.9 Å². The minimum atomic E-state index is -0.639. The molecule has 6 rings (SSSR count). The van der Waals surface area contributed by atoms with Gasteiger partial charge in [-0.2, -0.15) is 0 Å². The molecule has 4 heterocycles. The highest BCUT2D eigenvalue weighted by atomic mass is 35.5. The largest absolute Gasteiger partial charge is 0.444 e. The minimum Gasteiger partial charge on any atom is -0.444 e. The molecule has 4 aromatic rings. The van der Waals surface area contributed by atoms with Crippen molar-refractivity contribution in [3.05, 3.63) is 87.1 Å². The van der Waals surface area contributed by atoms with E-state index in [2.05, 4.69) is 15.6 Å². The van der Waals surface area contributed by atoms with Crippen molar-refractivity contribution in [2.24, 2.45) is 0 Å². The van der Waals surface area contributed by atoms with Gasteiger partial charge in [-0.15, -0.1) is 5.10 Å². The molecule has 1 N–H and O–H groups in total. The van der Waals surface area contributed by atoms with Gasteiger partial charge in [-0.25, -0.2) is 14.5 Å². The van der Waals surface area contributed by atoms with Gasteiger partial charge >= 0.3 is 6.09 Å². The van der Waals surface area contributed by atoms with E-state index >= 15 is 0 Å². The first kappa shape index (κ1) is 32.5. The number of aromatic nitrogens is 5. The van der Waals surface area contributed by atoms with E-state index in [1.807, 2.05) is 49.9 Å². The summed E-state index contributed by atoms with van der Waals surface area (Å²) in [6.07, 6.45) is 4.84. The molecule has 2 aliphatic rings. The van der Waals surface area contributed by atoms with E-state index in [0.29, 0.717) is 48.0 Å². The van der Waals surface area contributed by atoms with Gasteiger partial charge in [0, 0.05) is 42.0 Å². The highest BCUT2D eigenvalue weighted by Gasteiger charge is 2.36. The average Bonchev–Trinajstić information content (AvgIpc) is 3.47. The molecule has 2 amide bonds. The lowest BCUT2D eigenvalue weighted by Crippen LogP contribution is -2.61. The molecule has 12 nitrogen and oxygen atoms in total. The molecule has 1 fully saturated rings. The lowest BCUT2D eigenvalue weighted by atomic mass is 9.98. The number of hydrogen-bond acceptors (Lipinski definition) is 8. The molecular weight excluding hydrogens is 643 g/mol. The minimum absolute atomic E-state index is 0.134. The Labute approximate surface area is 282 Å². The number of carbonyl (C=O) groups is 2. The monoisotopic (exact) mass is 678 g/mol. The summed E-state index contributed by atoms with van der Waals surface area (Å²) < 4.78 is 8.77. The van der Waals surface area contributed by atoms with Crippen molar-refractivity contribution in [1.29, 1.82) is 0 Å². The van der Waals surface area contributed by atoms with E-state index in [-0.39, 0.29) is 29.2 Å². The quantitative estimate of drug-likeness (QED) is 0.317. The third-order valence-corrected chi connectivity index (χ3v) is 8.65. The highest BCUT2D eigenvalue weighted by molar-refractivity contribution is 6.31. The van der Waals surface area contributed by atoms with Crippen LogP contribution >= 0.6 is 23.2 Å². The van der Waals surface area contributed by atoms with E-state index in [9.17, 15) is 14.4 Å². The number of carbonyl (C=O) groups excluding carboxylic acids is 2. The molecule has 0 radical (unpaired) electrons. The molecule has 0 aliphatic carbocycles. The van der Waals surface area contributed by atoms with Crippen LogP contribution in [0, 0.1) is 0 Å². The van der Waals surface area contributed by atoms with Crippen molar-refractivity contribution in [2.75, 3.05) is 31.1 Å². The van der Waals surface area contributed by atoms with Crippen LogP contribution in [0.1, 0.15) is 51.6 Å². The van der Waals surface area contributed by atoms with Crippen LogP contribution < -0.4 is 15.8 Å². The Kier molecular flexibility index (Phi) is 9.25. The lowest BCUT2D eigenvalue weighted by Gasteiger charge is -2.42. The number of piperazine rings is 1. The number of fused-ring (bicyclic) bond motifs is 4. The van der Waals surface area contributed by atoms with Gasteiger partial charge in [0.15, 0.2) is 5.15 Å². The Morgan fingerprint density at radius 1 is 1.02 bits per heavy atom. The molecule has 2 aromatic heterocycles. The first-order valence-electron chi connectivity index (χ1n) is 15.6. The summed E-state index contributed by atoms with van der Waals surface area (Å²) in [7, 11) is 0. The summed E-state index contributed by atoms with van der Waals surface area (Å²) >= 11 is 12.4. The molecule has 2 bridgehead atoms. The van der Waals surface area contributed by atoms with Gasteiger partial charge in [-0.3, -0.25) is 14.2 Å². The third kappa shape index (κ3) is 7.28. The van der Waals surface area contributed by atoms with Crippen molar-refractivity contribution in [3.8, 4) is 16.9 Å². The van der Waals surface area contributed by atoms with E-state index in [0.717, 1.165) is 24.1 Å². The second-order valence-electron chi connectivity index (χ2n) is 12.7. The van der Waals surface area contributed by atoms with Crippen LogP contribution in [-0.2, 0) is 9.53 Å². The summed E-state index contributed by atoms with van der Waals surface area (Å²) in [5, 5.41) is 11.7. The second kappa shape index (κ2) is 13.4. The van der Waals surface area contributed by atoms with Gasteiger partial charge in [0.05, 0.1) is 36.5 Å². The molecule has 2 aromatic carbocycles. The van der Waals surface area contributed by atoms with E-state index < -0.39 is 17.7 Å². The number of ether oxygens (including phenoxy) is 1. The van der Waals surface area contributed by atoms with Crippen molar-refractivity contribution >= 4 is 40.9 Å². The second-order valence-corrected chi connectivity index (χ2v) is 13.5. The highest BCUT2D eigenvalue weighted by Crippen LogP contribution is 2.31. The van der Waals surface area contributed by atoms with Crippen molar-refractivity contribution in [1.82, 2.24) is 34.8 Å². The topological polar surface area (TPSA) is 127 Å². The number of nitrogens with zero attached hydrogens (tertiary/aromatic N) is 7. The summed E-state index contributed by atoms with van der Waals surface area (Å²) in [6, 6.07) is 13.7. The Morgan fingerprint density at radius 3 is 2.60 bits per heavy atom. The first-order valence-corrected chi connectivity index (χ1v) is 16.3.